The summed E-state index contributed by atoms with van der Waals surface area (Å²) in [5.74, 6) is -1.78. The lowest BCUT2D eigenvalue weighted by Crippen LogP contribution is -1.96. The Morgan fingerprint density at radius 2 is 1.70 bits per heavy atom. The van der Waals surface area contributed by atoms with Crippen LogP contribution in [0.1, 0.15) is 24.2 Å². The van der Waals surface area contributed by atoms with Crippen molar-refractivity contribution in [1.82, 2.24) is 0 Å². The fourth-order valence-corrected chi connectivity index (χ4v) is 1.63. The van der Waals surface area contributed by atoms with E-state index in [1.54, 1.807) is 6.07 Å². The first-order chi connectivity index (χ1) is 9.51. The number of aliphatic hydroxyl groups is 1. The molecule has 0 heterocycles. The number of hydrogen-bond donors (Lipinski definition) is 1. The van der Waals surface area contributed by atoms with Gasteiger partial charge in [0.2, 0.25) is 0 Å². The molecule has 2 aromatic rings. The fraction of sp³-hybridized carbons (Fsp3) is 0.133. The molecule has 5 heteroatoms. The number of ether oxygens (including phenoxy) is 1. The topological polar surface area (TPSA) is 53.2 Å². The third kappa shape index (κ3) is 2.92. The number of rotatable bonds is 3. The first kappa shape index (κ1) is 14.0. The van der Waals surface area contributed by atoms with Gasteiger partial charge in [0, 0.05) is 0 Å². The number of aliphatic hydroxyl groups excluding tert-OH is 1. The molecule has 0 bridgehead atoms. The third-order valence-electron chi connectivity index (χ3n) is 2.72. The molecular formula is C15H11F2NO2. The van der Waals surface area contributed by atoms with Gasteiger partial charge in [-0.1, -0.05) is 6.07 Å². The second-order valence-corrected chi connectivity index (χ2v) is 4.22. The highest BCUT2D eigenvalue weighted by Crippen LogP contribution is 2.29. The monoisotopic (exact) mass is 275 g/mol. The van der Waals surface area contributed by atoms with E-state index in [1.807, 2.05) is 0 Å². The average molecular weight is 275 g/mol. The van der Waals surface area contributed by atoms with E-state index < -0.39 is 17.7 Å². The van der Waals surface area contributed by atoms with E-state index in [2.05, 4.69) is 0 Å². The number of benzene rings is 2. The van der Waals surface area contributed by atoms with Gasteiger partial charge in [-0.3, -0.25) is 0 Å². The molecule has 0 unspecified atom stereocenters. The van der Waals surface area contributed by atoms with Crippen molar-refractivity contribution in [3.05, 3.63) is 59.2 Å². The minimum atomic E-state index is -0.801. The van der Waals surface area contributed by atoms with Crippen molar-refractivity contribution in [3.63, 3.8) is 0 Å². The van der Waals surface area contributed by atoms with Crippen LogP contribution in [0.2, 0.25) is 0 Å². The van der Waals surface area contributed by atoms with Crippen LogP contribution in [0.4, 0.5) is 8.78 Å². The Kier molecular flexibility index (Phi) is 3.97. The van der Waals surface area contributed by atoms with E-state index in [9.17, 15) is 13.9 Å². The molecule has 0 aliphatic heterocycles. The smallest absolute Gasteiger partial charge is 0.167 e. The highest BCUT2D eigenvalue weighted by molar-refractivity contribution is 5.39. The van der Waals surface area contributed by atoms with Gasteiger partial charge >= 0.3 is 0 Å². The van der Waals surface area contributed by atoms with Crippen molar-refractivity contribution < 1.29 is 18.6 Å². The first-order valence-corrected chi connectivity index (χ1v) is 5.86. The summed E-state index contributed by atoms with van der Waals surface area (Å²) in [4.78, 5) is 0. The van der Waals surface area contributed by atoms with E-state index in [-0.39, 0.29) is 17.1 Å². The Balaban J connectivity index is 2.29. The van der Waals surface area contributed by atoms with Gasteiger partial charge in [-0.25, -0.2) is 8.78 Å². The summed E-state index contributed by atoms with van der Waals surface area (Å²) < 4.78 is 32.5. The normalized spacial score (nSPS) is 11.8. The molecule has 2 rings (SSSR count). The molecule has 0 aromatic heterocycles. The van der Waals surface area contributed by atoms with Gasteiger partial charge in [0.05, 0.1) is 17.7 Å². The van der Waals surface area contributed by atoms with Gasteiger partial charge in [0.15, 0.2) is 23.1 Å². The maximum atomic E-state index is 13.8. The van der Waals surface area contributed by atoms with Crippen molar-refractivity contribution in [2.24, 2.45) is 0 Å². The van der Waals surface area contributed by atoms with Crippen LogP contribution in [0.15, 0.2) is 36.4 Å². The molecule has 0 aliphatic rings. The van der Waals surface area contributed by atoms with Crippen molar-refractivity contribution in [3.8, 4) is 17.6 Å². The van der Waals surface area contributed by atoms with Gasteiger partial charge in [-0.2, -0.15) is 5.26 Å². The first-order valence-electron chi connectivity index (χ1n) is 5.86. The van der Waals surface area contributed by atoms with Crippen LogP contribution >= 0.6 is 0 Å². The maximum Gasteiger partial charge on any atom is 0.167 e. The Bertz CT molecular complexity index is 678. The second kappa shape index (κ2) is 5.68. The lowest BCUT2D eigenvalue weighted by Gasteiger charge is -2.10. The third-order valence-corrected chi connectivity index (χ3v) is 2.72. The molecule has 3 nitrogen and oxygen atoms in total. The zero-order valence-electron chi connectivity index (χ0n) is 10.6. The summed E-state index contributed by atoms with van der Waals surface area (Å²) in [5.41, 5.74) is 0.551. The number of hydrogen-bond acceptors (Lipinski definition) is 3. The standard InChI is InChI=1S/C15H11F2NO2/c1-9(19)11-3-5-15(13(17)7-11)20-14-4-2-10(8-18)6-12(14)16/h2-7,9,19H,1H3/t9-/m0/s1. The summed E-state index contributed by atoms with van der Waals surface area (Å²) >= 11 is 0. The Morgan fingerprint density at radius 1 is 1.10 bits per heavy atom. The quantitative estimate of drug-likeness (QED) is 0.929. The molecule has 1 N–H and O–H groups in total. The van der Waals surface area contributed by atoms with Crippen LogP contribution in [0, 0.1) is 23.0 Å². The van der Waals surface area contributed by atoms with Crippen LogP contribution in [-0.4, -0.2) is 5.11 Å². The highest BCUT2D eigenvalue weighted by Gasteiger charge is 2.11. The van der Waals surface area contributed by atoms with Gasteiger partial charge in [-0.15, -0.1) is 0 Å². The van der Waals surface area contributed by atoms with E-state index >= 15 is 0 Å². The van der Waals surface area contributed by atoms with Gasteiger partial charge in [-0.05, 0) is 42.8 Å². The van der Waals surface area contributed by atoms with E-state index in [0.717, 1.165) is 12.1 Å². The summed E-state index contributed by atoms with van der Waals surface area (Å²) in [6.45, 7) is 1.51. The molecule has 0 saturated carbocycles. The minimum Gasteiger partial charge on any atom is -0.451 e. The Labute approximate surface area is 114 Å². The molecule has 102 valence electrons. The molecule has 1 atom stereocenters. The molecule has 0 radical (unpaired) electrons. The lowest BCUT2D eigenvalue weighted by atomic mass is 10.1. The predicted molar refractivity (Wildman–Crippen MR) is 68.2 cm³/mol. The van der Waals surface area contributed by atoms with E-state index in [1.165, 1.54) is 31.2 Å². The maximum absolute atomic E-state index is 13.8. The lowest BCUT2D eigenvalue weighted by molar-refractivity contribution is 0.198. The summed E-state index contributed by atoms with van der Waals surface area (Å²) in [5, 5.41) is 18.0. The zero-order valence-corrected chi connectivity index (χ0v) is 10.6. The molecule has 0 saturated heterocycles. The fourth-order valence-electron chi connectivity index (χ4n) is 1.63. The summed E-state index contributed by atoms with van der Waals surface area (Å²) in [6, 6.07) is 9.37. The van der Waals surface area contributed by atoms with Gasteiger partial charge < -0.3 is 9.84 Å². The second-order valence-electron chi connectivity index (χ2n) is 4.22. The molecular weight excluding hydrogens is 264 g/mol. The van der Waals surface area contributed by atoms with Crippen molar-refractivity contribution in [2.45, 2.75) is 13.0 Å². The largest absolute Gasteiger partial charge is 0.451 e. The highest BCUT2D eigenvalue weighted by atomic mass is 19.1. The van der Waals surface area contributed by atoms with Gasteiger partial charge in [0.1, 0.15) is 0 Å². The average Bonchev–Trinajstić information content (AvgIpc) is 2.42. The van der Waals surface area contributed by atoms with Crippen LogP contribution < -0.4 is 4.74 Å². The van der Waals surface area contributed by atoms with Crippen molar-refractivity contribution in [1.29, 1.82) is 5.26 Å². The molecule has 2 aromatic carbocycles. The molecule has 20 heavy (non-hydrogen) atoms. The zero-order chi connectivity index (χ0) is 14.7. The van der Waals surface area contributed by atoms with Crippen LogP contribution in [0.25, 0.3) is 0 Å². The summed E-state index contributed by atoms with van der Waals surface area (Å²) in [6.07, 6.45) is -0.801. The van der Waals surface area contributed by atoms with Crippen LogP contribution in [0.5, 0.6) is 11.5 Å². The minimum absolute atomic E-state index is 0.153. The van der Waals surface area contributed by atoms with Crippen molar-refractivity contribution in [2.75, 3.05) is 0 Å². The molecule has 0 spiro atoms. The SMILES string of the molecule is C[C@H](O)c1ccc(Oc2ccc(C#N)cc2F)c(F)c1. The summed E-state index contributed by atoms with van der Waals surface area (Å²) in [7, 11) is 0. The Morgan fingerprint density at radius 3 is 2.20 bits per heavy atom. The van der Waals surface area contributed by atoms with Gasteiger partial charge in [0.25, 0.3) is 0 Å². The number of nitriles is 1. The number of halogens is 2. The predicted octanol–water partition coefficient (Wildman–Crippen LogP) is 3.68. The Hall–Kier alpha value is -2.45. The molecule has 0 aliphatic carbocycles. The van der Waals surface area contributed by atoms with Crippen LogP contribution in [-0.2, 0) is 0 Å². The van der Waals surface area contributed by atoms with Crippen molar-refractivity contribution >= 4 is 0 Å². The molecule has 0 fully saturated rings. The van der Waals surface area contributed by atoms with E-state index in [0.29, 0.717) is 5.56 Å². The van der Waals surface area contributed by atoms with E-state index in [4.69, 9.17) is 10.00 Å². The molecule has 0 amide bonds. The number of nitrogens with zero attached hydrogens (tertiary/aromatic N) is 1. The van der Waals surface area contributed by atoms with Crippen LogP contribution in [0.3, 0.4) is 0 Å².